The van der Waals surface area contributed by atoms with Crippen LogP contribution in [-0.2, 0) is 32.1 Å². The first-order valence-corrected chi connectivity index (χ1v) is 11.0. The van der Waals surface area contributed by atoms with Gasteiger partial charge in [0.2, 0.25) is 0 Å². The number of benzene rings is 2. The first-order chi connectivity index (χ1) is 15.5. The van der Waals surface area contributed by atoms with E-state index in [9.17, 15) is 14.4 Å². The number of hydrogen-bond donors (Lipinski definition) is 1. The maximum Gasteiger partial charge on any atom is 0.408 e. The quantitative estimate of drug-likeness (QED) is 0.639. The molecule has 32 heavy (non-hydrogen) atoms. The average molecular weight is 439 g/mol. The van der Waals surface area contributed by atoms with E-state index in [0.717, 1.165) is 24.0 Å². The van der Waals surface area contributed by atoms with Crippen LogP contribution in [0.5, 0.6) is 0 Å². The number of ether oxygens (including phenoxy) is 2. The van der Waals surface area contributed by atoms with Gasteiger partial charge in [-0.05, 0) is 29.9 Å². The molecule has 1 saturated heterocycles. The van der Waals surface area contributed by atoms with Crippen molar-refractivity contribution in [3.8, 4) is 0 Å². The largest absolute Gasteiger partial charge is 0.454 e. The molecule has 1 unspecified atom stereocenters. The zero-order valence-corrected chi connectivity index (χ0v) is 18.4. The highest BCUT2D eigenvalue weighted by Gasteiger charge is 2.26. The lowest BCUT2D eigenvalue weighted by atomic mass is 10.0. The second-order valence-corrected chi connectivity index (χ2v) is 8.14. The van der Waals surface area contributed by atoms with Gasteiger partial charge in [-0.25, -0.2) is 9.59 Å². The molecule has 7 heteroatoms. The fraction of sp³-hybridized carbons (Fsp3) is 0.400. The number of piperidine rings is 1. The molecule has 1 fully saturated rings. The molecule has 7 nitrogen and oxygen atoms in total. The van der Waals surface area contributed by atoms with Crippen LogP contribution < -0.4 is 5.32 Å². The second kappa shape index (κ2) is 11.9. The van der Waals surface area contributed by atoms with Gasteiger partial charge in [-0.3, -0.25) is 4.79 Å². The van der Waals surface area contributed by atoms with Crippen LogP contribution in [0.4, 0.5) is 4.79 Å². The molecule has 1 aliphatic heterocycles. The molecule has 170 valence electrons. The molecule has 0 saturated carbocycles. The Morgan fingerprint density at radius 2 is 1.66 bits per heavy atom. The SMILES string of the molecule is CC1CCCN(C(=O)COC(=O)[C@H](Cc2ccccc2)NC(=O)OCc2ccccc2)C1. The summed E-state index contributed by atoms with van der Waals surface area (Å²) >= 11 is 0. The minimum atomic E-state index is -0.964. The summed E-state index contributed by atoms with van der Waals surface area (Å²) in [6.45, 7) is 3.21. The molecule has 2 aromatic rings. The number of nitrogens with one attached hydrogen (secondary N) is 1. The van der Waals surface area contributed by atoms with Gasteiger partial charge >= 0.3 is 12.1 Å². The van der Waals surface area contributed by atoms with Crippen molar-refractivity contribution in [2.45, 2.75) is 38.8 Å². The van der Waals surface area contributed by atoms with Crippen LogP contribution in [0, 0.1) is 5.92 Å². The number of alkyl carbamates (subject to hydrolysis) is 1. The Morgan fingerprint density at radius 3 is 2.31 bits per heavy atom. The number of carbonyl (C=O) groups excluding carboxylic acids is 3. The minimum absolute atomic E-state index is 0.0887. The van der Waals surface area contributed by atoms with E-state index in [-0.39, 0.29) is 25.5 Å². The standard InChI is InChI=1S/C25H30N2O5/c1-19-9-8-14-27(16-19)23(28)18-31-24(29)22(15-20-10-4-2-5-11-20)26-25(30)32-17-21-12-6-3-7-13-21/h2-7,10-13,19,22H,8-9,14-18H2,1H3,(H,26,30)/t19?,22-/m0/s1. The number of esters is 1. The summed E-state index contributed by atoms with van der Waals surface area (Å²) in [5.41, 5.74) is 1.69. The van der Waals surface area contributed by atoms with Gasteiger partial charge in [-0.15, -0.1) is 0 Å². The summed E-state index contributed by atoms with van der Waals surface area (Å²) in [7, 11) is 0. The Kier molecular flexibility index (Phi) is 8.66. The van der Waals surface area contributed by atoms with Crippen molar-refractivity contribution in [1.29, 1.82) is 0 Å². The van der Waals surface area contributed by atoms with Crippen LogP contribution in [-0.4, -0.2) is 48.6 Å². The van der Waals surface area contributed by atoms with E-state index >= 15 is 0 Å². The van der Waals surface area contributed by atoms with Gasteiger partial charge in [0.05, 0.1) is 0 Å². The Bertz CT molecular complexity index is 888. The lowest BCUT2D eigenvalue weighted by molar-refractivity contribution is -0.154. The Balaban J connectivity index is 1.56. The molecule has 2 amide bonds. The highest BCUT2D eigenvalue weighted by molar-refractivity contribution is 5.85. The smallest absolute Gasteiger partial charge is 0.408 e. The average Bonchev–Trinajstić information content (AvgIpc) is 2.82. The van der Waals surface area contributed by atoms with Gasteiger partial charge in [-0.1, -0.05) is 67.6 Å². The van der Waals surface area contributed by atoms with E-state index in [4.69, 9.17) is 9.47 Å². The van der Waals surface area contributed by atoms with Gasteiger partial charge in [-0.2, -0.15) is 0 Å². The van der Waals surface area contributed by atoms with Crippen LogP contribution in [0.15, 0.2) is 60.7 Å². The molecule has 1 N–H and O–H groups in total. The van der Waals surface area contributed by atoms with E-state index < -0.39 is 18.1 Å². The van der Waals surface area contributed by atoms with E-state index in [0.29, 0.717) is 19.0 Å². The van der Waals surface area contributed by atoms with Crippen LogP contribution >= 0.6 is 0 Å². The molecule has 2 atom stereocenters. The predicted octanol–water partition coefficient (Wildman–Crippen LogP) is 3.33. The maximum atomic E-state index is 12.7. The van der Waals surface area contributed by atoms with Gasteiger partial charge in [0.15, 0.2) is 6.61 Å². The first kappa shape index (κ1) is 23.3. The highest BCUT2D eigenvalue weighted by atomic mass is 16.6. The molecule has 1 aliphatic rings. The van der Waals surface area contributed by atoms with Crippen LogP contribution in [0.2, 0.25) is 0 Å². The second-order valence-electron chi connectivity index (χ2n) is 8.14. The monoisotopic (exact) mass is 438 g/mol. The number of amides is 2. The summed E-state index contributed by atoms with van der Waals surface area (Å²) in [5, 5.41) is 2.59. The molecule has 0 radical (unpaired) electrons. The lowest BCUT2D eigenvalue weighted by Gasteiger charge is -2.30. The summed E-state index contributed by atoms with van der Waals surface area (Å²) in [4.78, 5) is 39.3. The van der Waals surface area contributed by atoms with Gasteiger partial charge in [0.1, 0.15) is 12.6 Å². The van der Waals surface area contributed by atoms with Crippen molar-refractivity contribution in [1.82, 2.24) is 10.2 Å². The predicted molar refractivity (Wildman–Crippen MR) is 120 cm³/mol. The molecule has 0 bridgehead atoms. The van der Waals surface area contributed by atoms with Crippen molar-refractivity contribution in [2.24, 2.45) is 5.92 Å². The normalized spacial score (nSPS) is 16.7. The van der Waals surface area contributed by atoms with E-state index in [1.54, 1.807) is 4.90 Å². The fourth-order valence-electron chi connectivity index (χ4n) is 3.69. The highest BCUT2D eigenvalue weighted by Crippen LogP contribution is 2.15. The molecule has 2 aromatic carbocycles. The first-order valence-electron chi connectivity index (χ1n) is 11.0. The van der Waals surface area contributed by atoms with E-state index in [2.05, 4.69) is 12.2 Å². The van der Waals surface area contributed by atoms with Gasteiger partial charge in [0.25, 0.3) is 5.91 Å². The molecule has 3 rings (SSSR count). The molecule has 0 spiro atoms. The molecule has 1 heterocycles. The van der Waals surface area contributed by atoms with Crippen molar-refractivity contribution in [2.75, 3.05) is 19.7 Å². The van der Waals surface area contributed by atoms with Crippen LogP contribution in [0.25, 0.3) is 0 Å². The zero-order chi connectivity index (χ0) is 22.8. The van der Waals surface area contributed by atoms with Crippen molar-refractivity contribution >= 4 is 18.0 Å². The van der Waals surface area contributed by atoms with E-state index in [1.807, 2.05) is 60.7 Å². The van der Waals surface area contributed by atoms with Crippen molar-refractivity contribution in [3.05, 3.63) is 71.8 Å². The number of carbonyl (C=O) groups is 3. The summed E-state index contributed by atoms with van der Waals surface area (Å²) in [5.74, 6) is -0.436. The number of likely N-dealkylation sites (tertiary alicyclic amines) is 1. The number of hydrogen-bond acceptors (Lipinski definition) is 5. The van der Waals surface area contributed by atoms with Crippen molar-refractivity contribution in [3.63, 3.8) is 0 Å². The number of rotatable bonds is 8. The zero-order valence-electron chi connectivity index (χ0n) is 18.4. The Morgan fingerprint density at radius 1 is 1.00 bits per heavy atom. The Hall–Kier alpha value is -3.35. The van der Waals surface area contributed by atoms with E-state index in [1.165, 1.54) is 0 Å². The van der Waals surface area contributed by atoms with Gasteiger partial charge < -0.3 is 19.7 Å². The Labute approximate surface area is 188 Å². The summed E-state index contributed by atoms with van der Waals surface area (Å²) in [6.07, 6.45) is 1.56. The minimum Gasteiger partial charge on any atom is -0.454 e. The number of nitrogens with zero attached hydrogens (tertiary/aromatic N) is 1. The lowest BCUT2D eigenvalue weighted by Crippen LogP contribution is -2.46. The topological polar surface area (TPSA) is 84.9 Å². The summed E-state index contributed by atoms with van der Waals surface area (Å²) < 4.78 is 10.5. The molecular formula is C25H30N2O5. The van der Waals surface area contributed by atoms with Crippen molar-refractivity contribution < 1.29 is 23.9 Å². The molecular weight excluding hydrogens is 408 g/mol. The maximum absolute atomic E-state index is 12.7. The molecule has 0 aliphatic carbocycles. The fourth-order valence-corrected chi connectivity index (χ4v) is 3.69. The summed E-state index contributed by atoms with van der Waals surface area (Å²) in [6, 6.07) is 17.6. The van der Waals surface area contributed by atoms with Crippen LogP contribution in [0.1, 0.15) is 30.9 Å². The third-order valence-electron chi connectivity index (χ3n) is 5.42. The van der Waals surface area contributed by atoms with Gasteiger partial charge in [0, 0.05) is 19.5 Å². The third kappa shape index (κ3) is 7.41. The van der Waals surface area contributed by atoms with Crippen LogP contribution in [0.3, 0.4) is 0 Å². The molecule has 0 aromatic heterocycles. The third-order valence-corrected chi connectivity index (χ3v) is 5.42.